The van der Waals surface area contributed by atoms with E-state index in [1.54, 1.807) is 24.3 Å². The Morgan fingerprint density at radius 1 is 0.771 bits per heavy atom. The summed E-state index contributed by atoms with van der Waals surface area (Å²) in [6.45, 7) is 0. The van der Waals surface area contributed by atoms with Crippen molar-refractivity contribution in [3.8, 4) is 11.5 Å². The third-order valence-corrected chi connectivity index (χ3v) is 5.38. The minimum Gasteiger partial charge on any atom is -0.508 e. The fraction of sp³-hybridized carbons (Fsp3) is 0.240. The van der Waals surface area contributed by atoms with E-state index in [9.17, 15) is 39.9 Å². The van der Waals surface area contributed by atoms with Crippen LogP contribution >= 0.6 is 0 Å². The second kappa shape index (κ2) is 10.9. The van der Waals surface area contributed by atoms with Gasteiger partial charge >= 0.3 is 17.9 Å². The number of aromatic hydroxyl groups is 2. The van der Waals surface area contributed by atoms with Crippen LogP contribution in [-0.2, 0) is 23.9 Å². The van der Waals surface area contributed by atoms with E-state index in [1.807, 2.05) is 0 Å². The lowest BCUT2D eigenvalue weighted by molar-refractivity contribution is -0.203. The zero-order chi connectivity index (χ0) is 25.6. The second-order valence-corrected chi connectivity index (χ2v) is 8.04. The van der Waals surface area contributed by atoms with Crippen LogP contribution < -0.4 is 0 Å². The Kier molecular flexibility index (Phi) is 7.90. The van der Waals surface area contributed by atoms with E-state index < -0.39 is 54.7 Å². The molecule has 1 saturated carbocycles. The molecule has 3 rings (SSSR count). The molecule has 0 unspecified atom stereocenters. The van der Waals surface area contributed by atoms with Crippen molar-refractivity contribution in [3.05, 3.63) is 71.8 Å². The van der Waals surface area contributed by atoms with E-state index in [0.29, 0.717) is 11.1 Å². The lowest BCUT2D eigenvalue weighted by atomic mass is 9.79. The van der Waals surface area contributed by atoms with Crippen LogP contribution in [0.4, 0.5) is 0 Å². The summed E-state index contributed by atoms with van der Waals surface area (Å²) in [6, 6.07) is 11.8. The number of rotatable bonds is 7. The molecule has 2 aromatic carbocycles. The number of benzene rings is 2. The Hall–Kier alpha value is -4.15. The normalized spacial score (nSPS) is 24.3. The van der Waals surface area contributed by atoms with Gasteiger partial charge in [-0.15, -0.1) is 0 Å². The first kappa shape index (κ1) is 25.5. The summed E-state index contributed by atoms with van der Waals surface area (Å²) in [5, 5.41) is 49.2. The van der Waals surface area contributed by atoms with Crippen LogP contribution in [0.5, 0.6) is 11.5 Å². The van der Waals surface area contributed by atoms with Crippen LogP contribution in [0.15, 0.2) is 60.7 Å². The Morgan fingerprint density at radius 3 is 1.49 bits per heavy atom. The van der Waals surface area contributed by atoms with Crippen molar-refractivity contribution in [2.45, 2.75) is 36.8 Å². The smallest absolute Gasteiger partial charge is 0.335 e. The second-order valence-electron chi connectivity index (χ2n) is 8.04. The number of ether oxygens (including phenoxy) is 2. The molecule has 2 aromatic rings. The maximum atomic E-state index is 12.3. The summed E-state index contributed by atoms with van der Waals surface area (Å²) in [5.41, 5.74) is -1.27. The van der Waals surface area contributed by atoms with Gasteiger partial charge in [0.25, 0.3) is 0 Å². The van der Waals surface area contributed by atoms with Crippen LogP contribution in [0, 0.1) is 0 Å². The highest BCUT2D eigenvalue weighted by molar-refractivity contribution is 5.88. The average Bonchev–Trinajstić information content (AvgIpc) is 2.81. The van der Waals surface area contributed by atoms with E-state index in [1.165, 1.54) is 36.4 Å². The van der Waals surface area contributed by atoms with Crippen molar-refractivity contribution in [1.29, 1.82) is 0 Å². The van der Waals surface area contributed by atoms with Crippen molar-refractivity contribution in [3.63, 3.8) is 0 Å². The number of carboxylic acids is 1. The predicted octanol–water partition coefficient (Wildman–Crippen LogP) is 1.62. The Labute approximate surface area is 200 Å². The number of phenolic OH excluding ortho intramolecular Hbond substituents is 2. The maximum absolute atomic E-state index is 12.3. The molecule has 0 radical (unpaired) electrons. The van der Waals surface area contributed by atoms with Gasteiger partial charge < -0.3 is 35.0 Å². The molecule has 0 aliphatic heterocycles. The number of aliphatic hydroxyl groups excluding tert-OH is 1. The summed E-state index contributed by atoms with van der Waals surface area (Å²) in [6.07, 6.45) is -0.922. The third-order valence-electron chi connectivity index (χ3n) is 5.38. The van der Waals surface area contributed by atoms with E-state index in [0.717, 1.165) is 12.2 Å². The number of aliphatic hydroxyl groups is 2. The van der Waals surface area contributed by atoms with Crippen LogP contribution in [-0.4, -0.2) is 67.4 Å². The van der Waals surface area contributed by atoms with Gasteiger partial charge in [0.15, 0.2) is 5.60 Å². The van der Waals surface area contributed by atoms with Crippen LogP contribution in [0.25, 0.3) is 12.2 Å². The van der Waals surface area contributed by atoms with Crippen molar-refractivity contribution in [2.75, 3.05) is 0 Å². The molecular weight excluding hydrogens is 460 g/mol. The Bertz CT molecular complexity index is 1040. The molecule has 0 aromatic heterocycles. The van der Waals surface area contributed by atoms with Crippen molar-refractivity contribution in [2.24, 2.45) is 0 Å². The lowest BCUT2D eigenvalue weighted by Gasteiger charge is -2.40. The van der Waals surface area contributed by atoms with E-state index in [-0.39, 0.29) is 11.5 Å². The van der Waals surface area contributed by atoms with Gasteiger partial charge in [-0.25, -0.2) is 14.4 Å². The van der Waals surface area contributed by atoms with Gasteiger partial charge in [0, 0.05) is 25.0 Å². The summed E-state index contributed by atoms with van der Waals surface area (Å²) < 4.78 is 10.3. The number of esters is 2. The Balaban J connectivity index is 1.69. The monoisotopic (exact) mass is 484 g/mol. The number of aliphatic carboxylic acids is 1. The zero-order valence-electron chi connectivity index (χ0n) is 18.4. The van der Waals surface area contributed by atoms with Gasteiger partial charge in [0.2, 0.25) is 0 Å². The van der Waals surface area contributed by atoms with E-state index >= 15 is 0 Å². The molecule has 0 bridgehead atoms. The zero-order valence-corrected chi connectivity index (χ0v) is 18.4. The van der Waals surface area contributed by atoms with Crippen molar-refractivity contribution < 1.29 is 49.4 Å². The predicted molar refractivity (Wildman–Crippen MR) is 122 cm³/mol. The molecular formula is C25H24O10. The minimum atomic E-state index is -2.41. The van der Waals surface area contributed by atoms with E-state index in [2.05, 4.69) is 0 Å². The SMILES string of the molecule is O=C(/C=C/c1ccc(O)cc1)O[C@@H]1CC(O)(C(=O)O)C[C@@H](OC(=O)/C=C/c2ccc(O)cc2)C1O. The quantitative estimate of drug-likeness (QED) is 0.287. The molecule has 0 heterocycles. The molecule has 10 heteroatoms. The number of carbonyl (C=O) groups excluding carboxylic acids is 2. The number of carbonyl (C=O) groups is 3. The number of carboxylic acid groups (broad SMARTS) is 1. The number of hydrogen-bond donors (Lipinski definition) is 5. The first-order chi connectivity index (χ1) is 16.6. The van der Waals surface area contributed by atoms with Crippen molar-refractivity contribution in [1.82, 2.24) is 0 Å². The molecule has 35 heavy (non-hydrogen) atoms. The molecule has 0 spiro atoms. The highest BCUT2D eigenvalue weighted by atomic mass is 16.6. The standard InChI is InChI=1S/C25H24O10/c26-17-7-1-15(2-8-17)5-11-21(28)34-19-13-25(33,24(31)32)14-20(23(19)30)35-22(29)12-6-16-3-9-18(27)10-4-16/h1-12,19-20,23,26-27,30,33H,13-14H2,(H,31,32)/b11-5+,12-6+/t19-,20-,23?,25?/m1/s1. The van der Waals surface area contributed by atoms with Gasteiger partial charge in [-0.2, -0.15) is 0 Å². The molecule has 1 aliphatic carbocycles. The highest BCUT2D eigenvalue weighted by Gasteiger charge is 2.52. The first-order valence-electron chi connectivity index (χ1n) is 10.5. The fourth-order valence-electron chi connectivity index (χ4n) is 3.50. The highest BCUT2D eigenvalue weighted by Crippen LogP contribution is 2.33. The lowest BCUT2D eigenvalue weighted by Crippen LogP contribution is -2.58. The molecule has 2 atom stereocenters. The van der Waals surface area contributed by atoms with E-state index in [4.69, 9.17) is 9.47 Å². The van der Waals surface area contributed by atoms with Crippen LogP contribution in [0.1, 0.15) is 24.0 Å². The van der Waals surface area contributed by atoms with Gasteiger partial charge in [0.1, 0.15) is 29.8 Å². The summed E-state index contributed by atoms with van der Waals surface area (Å²) in [7, 11) is 0. The molecule has 1 aliphatic rings. The molecule has 0 amide bonds. The largest absolute Gasteiger partial charge is 0.508 e. The van der Waals surface area contributed by atoms with Gasteiger partial charge in [0.05, 0.1) is 0 Å². The molecule has 1 fully saturated rings. The van der Waals surface area contributed by atoms with Gasteiger partial charge in [-0.3, -0.25) is 0 Å². The Morgan fingerprint density at radius 2 is 1.14 bits per heavy atom. The maximum Gasteiger partial charge on any atom is 0.335 e. The molecule has 0 saturated heterocycles. The molecule has 5 N–H and O–H groups in total. The van der Waals surface area contributed by atoms with Crippen LogP contribution in [0.3, 0.4) is 0 Å². The van der Waals surface area contributed by atoms with Crippen molar-refractivity contribution >= 4 is 30.1 Å². The summed E-state index contributed by atoms with van der Waals surface area (Å²) in [5.74, 6) is -3.38. The molecule has 184 valence electrons. The average molecular weight is 484 g/mol. The van der Waals surface area contributed by atoms with Gasteiger partial charge in [-0.05, 0) is 47.5 Å². The minimum absolute atomic E-state index is 0.0431. The molecule has 10 nitrogen and oxygen atoms in total. The summed E-state index contributed by atoms with van der Waals surface area (Å²) in [4.78, 5) is 36.2. The summed E-state index contributed by atoms with van der Waals surface area (Å²) >= 11 is 0. The first-order valence-corrected chi connectivity index (χ1v) is 10.5. The van der Waals surface area contributed by atoms with Crippen LogP contribution in [0.2, 0.25) is 0 Å². The number of hydrogen-bond acceptors (Lipinski definition) is 9. The van der Waals surface area contributed by atoms with Gasteiger partial charge in [-0.1, -0.05) is 24.3 Å². The topological polar surface area (TPSA) is 171 Å². The third kappa shape index (κ3) is 6.92. The fourth-order valence-corrected chi connectivity index (χ4v) is 3.50. The number of phenols is 2.